The minimum absolute atomic E-state index is 0.0411. The van der Waals surface area contributed by atoms with Gasteiger partial charge in [0.15, 0.2) is 6.61 Å². The van der Waals surface area contributed by atoms with Crippen LogP contribution in [-0.2, 0) is 14.3 Å². The Bertz CT molecular complexity index is 908. The molecule has 2 heterocycles. The fourth-order valence-electron chi connectivity index (χ4n) is 3.49. The van der Waals surface area contributed by atoms with Crippen molar-refractivity contribution in [3.05, 3.63) is 48.0 Å². The summed E-state index contributed by atoms with van der Waals surface area (Å²) < 4.78 is 16.8. The second kappa shape index (κ2) is 8.53. The zero-order valence-electron chi connectivity index (χ0n) is 16.3. The average molecular weight is 396 g/mol. The van der Waals surface area contributed by atoms with Crippen LogP contribution in [0.5, 0.6) is 11.5 Å². The van der Waals surface area contributed by atoms with Crippen molar-refractivity contribution in [2.75, 3.05) is 36.6 Å². The van der Waals surface area contributed by atoms with Crippen LogP contribution in [0.15, 0.2) is 42.5 Å². The number of nitrogens with zero attached hydrogens (tertiary/aromatic N) is 1. The zero-order valence-corrected chi connectivity index (χ0v) is 16.3. The molecule has 2 aliphatic heterocycles. The standard InChI is InChI=1S/C22H24N2O5/c1-15-4-2-5-17(12-15)27-11-9-24-18-8-7-16(13-20(18)29-14-21(24)25)23-22(26)19-6-3-10-28-19/h2,4-5,7-8,12-13,19H,3,6,9-11,14H2,1H3,(H,23,26). The summed E-state index contributed by atoms with van der Waals surface area (Å²) >= 11 is 0. The van der Waals surface area contributed by atoms with Crippen molar-refractivity contribution in [3.8, 4) is 11.5 Å². The summed E-state index contributed by atoms with van der Waals surface area (Å²) in [7, 11) is 0. The molecule has 1 N–H and O–H groups in total. The van der Waals surface area contributed by atoms with E-state index in [-0.39, 0.29) is 18.4 Å². The predicted molar refractivity (Wildman–Crippen MR) is 109 cm³/mol. The van der Waals surface area contributed by atoms with E-state index in [1.54, 1.807) is 23.1 Å². The maximum absolute atomic E-state index is 12.3. The van der Waals surface area contributed by atoms with E-state index in [1.807, 2.05) is 31.2 Å². The van der Waals surface area contributed by atoms with E-state index >= 15 is 0 Å². The molecule has 152 valence electrons. The highest BCUT2D eigenvalue weighted by molar-refractivity contribution is 5.99. The monoisotopic (exact) mass is 396 g/mol. The second-order valence-corrected chi connectivity index (χ2v) is 7.17. The van der Waals surface area contributed by atoms with Gasteiger partial charge < -0.3 is 24.4 Å². The molecule has 1 fully saturated rings. The van der Waals surface area contributed by atoms with E-state index in [2.05, 4.69) is 5.32 Å². The lowest BCUT2D eigenvalue weighted by Crippen LogP contribution is -2.41. The van der Waals surface area contributed by atoms with Crippen molar-refractivity contribution < 1.29 is 23.8 Å². The third kappa shape index (κ3) is 4.51. The van der Waals surface area contributed by atoms with Crippen molar-refractivity contribution in [1.82, 2.24) is 0 Å². The molecule has 7 nitrogen and oxygen atoms in total. The Morgan fingerprint density at radius 2 is 2.17 bits per heavy atom. The van der Waals surface area contributed by atoms with Crippen LogP contribution in [0.25, 0.3) is 0 Å². The lowest BCUT2D eigenvalue weighted by molar-refractivity contribution is -0.124. The van der Waals surface area contributed by atoms with Gasteiger partial charge >= 0.3 is 0 Å². The van der Waals surface area contributed by atoms with E-state index in [9.17, 15) is 9.59 Å². The number of ether oxygens (including phenoxy) is 3. The molecule has 2 aromatic rings. The number of amides is 2. The Labute approximate surface area is 169 Å². The smallest absolute Gasteiger partial charge is 0.265 e. The highest BCUT2D eigenvalue weighted by Crippen LogP contribution is 2.34. The molecule has 1 unspecified atom stereocenters. The Hall–Kier alpha value is -3.06. The van der Waals surface area contributed by atoms with Gasteiger partial charge in [0.05, 0.1) is 12.2 Å². The van der Waals surface area contributed by atoms with Crippen LogP contribution in [0.4, 0.5) is 11.4 Å². The molecule has 7 heteroatoms. The summed E-state index contributed by atoms with van der Waals surface area (Å²) in [6.45, 7) is 3.36. The number of carbonyl (C=O) groups excluding carboxylic acids is 2. The summed E-state index contributed by atoms with van der Waals surface area (Å²) in [4.78, 5) is 26.2. The summed E-state index contributed by atoms with van der Waals surface area (Å²) in [6, 6.07) is 13.1. The van der Waals surface area contributed by atoms with Crippen LogP contribution in [0.3, 0.4) is 0 Å². The van der Waals surface area contributed by atoms with Gasteiger partial charge in [-0.1, -0.05) is 12.1 Å². The Morgan fingerprint density at radius 1 is 1.28 bits per heavy atom. The van der Waals surface area contributed by atoms with Crippen LogP contribution < -0.4 is 19.7 Å². The average Bonchev–Trinajstić information content (AvgIpc) is 3.25. The number of nitrogens with one attached hydrogen (secondary N) is 1. The normalized spacial score (nSPS) is 18.2. The summed E-state index contributed by atoms with van der Waals surface area (Å²) in [5.41, 5.74) is 2.41. The molecule has 1 atom stereocenters. The summed E-state index contributed by atoms with van der Waals surface area (Å²) in [6.07, 6.45) is 1.23. The minimum atomic E-state index is -0.399. The van der Waals surface area contributed by atoms with Gasteiger partial charge in [0, 0.05) is 18.4 Å². The fourth-order valence-corrected chi connectivity index (χ4v) is 3.49. The van der Waals surface area contributed by atoms with E-state index in [1.165, 1.54) is 0 Å². The first-order chi connectivity index (χ1) is 14.1. The lowest BCUT2D eigenvalue weighted by Gasteiger charge is -2.29. The van der Waals surface area contributed by atoms with Gasteiger partial charge in [-0.15, -0.1) is 0 Å². The maximum atomic E-state index is 12.3. The van der Waals surface area contributed by atoms with Gasteiger partial charge in [0.1, 0.15) is 24.2 Å². The Balaban J connectivity index is 1.41. The molecule has 2 amide bonds. The molecule has 0 spiro atoms. The minimum Gasteiger partial charge on any atom is -0.492 e. The largest absolute Gasteiger partial charge is 0.492 e. The molecular formula is C22H24N2O5. The molecular weight excluding hydrogens is 372 g/mol. The van der Waals surface area contributed by atoms with Crippen molar-refractivity contribution in [2.45, 2.75) is 25.9 Å². The molecule has 0 radical (unpaired) electrons. The lowest BCUT2D eigenvalue weighted by atomic mass is 10.2. The quantitative estimate of drug-likeness (QED) is 0.812. The topological polar surface area (TPSA) is 77.1 Å². The molecule has 2 aliphatic rings. The predicted octanol–water partition coefficient (Wildman–Crippen LogP) is 2.92. The van der Waals surface area contributed by atoms with Crippen LogP contribution in [0.1, 0.15) is 18.4 Å². The highest BCUT2D eigenvalue weighted by Gasteiger charge is 2.27. The molecule has 0 bridgehead atoms. The molecule has 0 aliphatic carbocycles. The molecule has 0 aromatic heterocycles. The van der Waals surface area contributed by atoms with Crippen molar-refractivity contribution >= 4 is 23.2 Å². The number of carbonyl (C=O) groups is 2. The van der Waals surface area contributed by atoms with Gasteiger partial charge in [0.25, 0.3) is 11.8 Å². The first kappa shape index (κ1) is 19.3. The van der Waals surface area contributed by atoms with Gasteiger partial charge in [-0.3, -0.25) is 9.59 Å². The molecule has 29 heavy (non-hydrogen) atoms. The van der Waals surface area contributed by atoms with Crippen molar-refractivity contribution in [2.24, 2.45) is 0 Å². The third-order valence-electron chi connectivity index (χ3n) is 4.97. The van der Waals surface area contributed by atoms with Gasteiger partial charge in [-0.05, 0) is 49.6 Å². The number of rotatable bonds is 6. The number of hydrogen-bond donors (Lipinski definition) is 1. The van der Waals surface area contributed by atoms with E-state index in [0.717, 1.165) is 24.2 Å². The van der Waals surface area contributed by atoms with Crippen LogP contribution in [-0.4, -0.2) is 44.3 Å². The maximum Gasteiger partial charge on any atom is 0.265 e. The number of benzene rings is 2. The number of aryl methyl sites for hydroxylation is 1. The van der Waals surface area contributed by atoms with E-state index < -0.39 is 6.10 Å². The molecule has 0 saturated carbocycles. The first-order valence-electron chi connectivity index (χ1n) is 9.79. The number of anilines is 2. The van der Waals surface area contributed by atoms with Crippen LogP contribution in [0, 0.1) is 6.92 Å². The molecule has 4 rings (SSSR count). The fraction of sp³-hybridized carbons (Fsp3) is 0.364. The Morgan fingerprint density at radius 3 is 2.97 bits per heavy atom. The second-order valence-electron chi connectivity index (χ2n) is 7.17. The molecule has 1 saturated heterocycles. The van der Waals surface area contributed by atoms with Gasteiger partial charge in [-0.25, -0.2) is 0 Å². The van der Waals surface area contributed by atoms with E-state index in [4.69, 9.17) is 14.2 Å². The number of fused-ring (bicyclic) bond motifs is 1. The summed E-state index contributed by atoms with van der Waals surface area (Å²) in [5, 5.41) is 2.86. The van der Waals surface area contributed by atoms with Crippen LogP contribution in [0.2, 0.25) is 0 Å². The van der Waals surface area contributed by atoms with Crippen molar-refractivity contribution in [3.63, 3.8) is 0 Å². The van der Waals surface area contributed by atoms with Crippen LogP contribution >= 0.6 is 0 Å². The summed E-state index contributed by atoms with van der Waals surface area (Å²) in [5.74, 6) is 1.06. The molecule has 2 aromatic carbocycles. The van der Waals surface area contributed by atoms with Crippen molar-refractivity contribution in [1.29, 1.82) is 0 Å². The third-order valence-corrected chi connectivity index (χ3v) is 4.97. The highest BCUT2D eigenvalue weighted by atomic mass is 16.5. The number of hydrogen-bond acceptors (Lipinski definition) is 5. The SMILES string of the molecule is Cc1cccc(OCCN2C(=O)COc3cc(NC(=O)C4CCCO4)ccc32)c1. The van der Waals surface area contributed by atoms with Gasteiger partial charge in [-0.2, -0.15) is 0 Å². The van der Waals surface area contributed by atoms with Gasteiger partial charge in [0.2, 0.25) is 0 Å². The van der Waals surface area contributed by atoms with E-state index in [0.29, 0.717) is 36.9 Å². The first-order valence-corrected chi connectivity index (χ1v) is 9.79. The zero-order chi connectivity index (χ0) is 20.2. The Kier molecular flexibility index (Phi) is 5.67.